The molecule has 0 N–H and O–H groups in total. The van der Waals surface area contributed by atoms with Crippen molar-refractivity contribution in [2.75, 3.05) is 10.2 Å². The highest BCUT2D eigenvalue weighted by atomic mass is 127. The summed E-state index contributed by atoms with van der Waals surface area (Å²) in [5.74, 6) is 1.31. The molecule has 0 aliphatic carbocycles. The summed E-state index contributed by atoms with van der Waals surface area (Å²) in [6.07, 6.45) is 1.35. The van der Waals surface area contributed by atoms with E-state index in [4.69, 9.17) is 0 Å². The van der Waals surface area contributed by atoms with Gasteiger partial charge in [0.05, 0.1) is 0 Å². The van der Waals surface area contributed by atoms with Crippen molar-refractivity contribution in [3.8, 4) is 0 Å². The van der Waals surface area contributed by atoms with Crippen LogP contribution in [0.3, 0.4) is 0 Å². The van der Waals surface area contributed by atoms with Crippen molar-refractivity contribution in [3.05, 3.63) is 0 Å². The molecule has 0 bridgehead atoms. The zero-order valence-electron chi connectivity index (χ0n) is 6.41. The van der Waals surface area contributed by atoms with E-state index in [0.717, 1.165) is 0 Å². The van der Waals surface area contributed by atoms with Crippen LogP contribution >= 0.6 is 34.4 Å². The first-order valence-corrected chi connectivity index (χ1v) is 5.77. The molecule has 9 heavy (non-hydrogen) atoms. The molecular formula is C7H15IS. The SMILES string of the molecule is CC(C)(C)SCCCI. The van der Waals surface area contributed by atoms with Gasteiger partial charge in [-0.1, -0.05) is 43.4 Å². The Hall–Kier alpha value is 1.08. The Kier molecular flexibility index (Phi) is 5.41. The van der Waals surface area contributed by atoms with E-state index < -0.39 is 0 Å². The molecule has 0 nitrogen and oxygen atoms in total. The maximum atomic E-state index is 2.43. The second-order valence-electron chi connectivity index (χ2n) is 3.00. The number of hydrogen-bond donors (Lipinski definition) is 0. The highest BCUT2D eigenvalue weighted by molar-refractivity contribution is 14.1. The summed E-state index contributed by atoms with van der Waals surface area (Å²) in [5, 5.41) is 0. The van der Waals surface area contributed by atoms with E-state index in [1.807, 2.05) is 0 Å². The molecule has 0 saturated heterocycles. The zero-order valence-corrected chi connectivity index (χ0v) is 9.38. The van der Waals surface area contributed by atoms with Crippen molar-refractivity contribution in [3.63, 3.8) is 0 Å². The second-order valence-corrected chi connectivity index (χ2v) is 6.00. The highest BCUT2D eigenvalue weighted by Crippen LogP contribution is 2.23. The van der Waals surface area contributed by atoms with Gasteiger partial charge >= 0.3 is 0 Å². The largest absolute Gasteiger partial charge is 0.156 e. The normalized spacial score (nSPS) is 12.0. The lowest BCUT2D eigenvalue weighted by molar-refractivity contribution is 0.801. The average molecular weight is 258 g/mol. The number of rotatable bonds is 3. The fraction of sp³-hybridized carbons (Fsp3) is 1.00. The first-order chi connectivity index (χ1) is 4.06. The molecule has 0 fully saturated rings. The highest BCUT2D eigenvalue weighted by Gasteiger charge is 2.08. The summed E-state index contributed by atoms with van der Waals surface area (Å²) in [4.78, 5) is 0. The molecule has 0 amide bonds. The van der Waals surface area contributed by atoms with Crippen molar-refractivity contribution in [2.45, 2.75) is 31.9 Å². The second kappa shape index (κ2) is 4.83. The van der Waals surface area contributed by atoms with Crippen molar-refractivity contribution < 1.29 is 0 Å². The summed E-state index contributed by atoms with van der Waals surface area (Å²) < 4.78 is 1.76. The molecule has 0 aromatic heterocycles. The third-order valence-electron chi connectivity index (χ3n) is 0.813. The molecule has 0 rings (SSSR count). The fourth-order valence-corrected chi connectivity index (χ4v) is 2.23. The smallest absolute Gasteiger partial charge is 0.00750 e. The number of thioether (sulfide) groups is 1. The lowest BCUT2D eigenvalue weighted by Crippen LogP contribution is -2.08. The third-order valence-corrected chi connectivity index (χ3v) is 2.93. The maximum absolute atomic E-state index is 2.43. The van der Waals surface area contributed by atoms with Gasteiger partial charge in [-0.2, -0.15) is 11.8 Å². The molecule has 0 heterocycles. The van der Waals surface area contributed by atoms with Gasteiger partial charge in [-0.15, -0.1) is 0 Å². The molecule has 2 heteroatoms. The molecule has 0 saturated carbocycles. The van der Waals surface area contributed by atoms with Crippen molar-refractivity contribution in [2.24, 2.45) is 0 Å². The lowest BCUT2D eigenvalue weighted by atomic mass is 10.3. The Balaban J connectivity index is 3.07. The monoisotopic (exact) mass is 258 g/mol. The van der Waals surface area contributed by atoms with Crippen LogP contribution in [0.4, 0.5) is 0 Å². The van der Waals surface area contributed by atoms with Gasteiger partial charge in [-0.05, 0) is 12.2 Å². The minimum atomic E-state index is 0.464. The lowest BCUT2D eigenvalue weighted by Gasteiger charge is -2.16. The van der Waals surface area contributed by atoms with Gasteiger partial charge in [0.25, 0.3) is 0 Å². The van der Waals surface area contributed by atoms with Crippen LogP contribution in [-0.2, 0) is 0 Å². The number of hydrogen-bond acceptors (Lipinski definition) is 1. The van der Waals surface area contributed by atoms with E-state index >= 15 is 0 Å². The van der Waals surface area contributed by atoms with E-state index in [2.05, 4.69) is 55.1 Å². The van der Waals surface area contributed by atoms with Crippen molar-refractivity contribution >= 4 is 34.4 Å². The van der Waals surface area contributed by atoms with Crippen molar-refractivity contribution in [1.29, 1.82) is 0 Å². The van der Waals surface area contributed by atoms with Crippen LogP contribution in [0.15, 0.2) is 0 Å². The molecule has 0 spiro atoms. The van der Waals surface area contributed by atoms with Crippen LogP contribution in [-0.4, -0.2) is 14.9 Å². The van der Waals surface area contributed by atoms with E-state index in [0.29, 0.717) is 4.75 Å². The molecule has 0 aliphatic heterocycles. The minimum absolute atomic E-state index is 0.464. The fourth-order valence-electron chi connectivity index (χ4n) is 0.433. The van der Waals surface area contributed by atoms with Gasteiger partial charge in [0.15, 0.2) is 0 Å². The summed E-state index contributed by atoms with van der Waals surface area (Å²) >= 11 is 4.48. The van der Waals surface area contributed by atoms with Crippen LogP contribution in [0.5, 0.6) is 0 Å². The van der Waals surface area contributed by atoms with E-state index in [9.17, 15) is 0 Å². The Morgan fingerprint density at radius 2 is 1.89 bits per heavy atom. The van der Waals surface area contributed by atoms with Crippen LogP contribution in [0, 0.1) is 0 Å². The Morgan fingerprint density at radius 1 is 1.33 bits per heavy atom. The van der Waals surface area contributed by atoms with Gasteiger partial charge in [-0.3, -0.25) is 0 Å². The van der Waals surface area contributed by atoms with Crippen LogP contribution in [0.25, 0.3) is 0 Å². The van der Waals surface area contributed by atoms with Crippen LogP contribution < -0.4 is 0 Å². The van der Waals surface area contributed by atoms with Crippen LogP contribution in [0.1, 0.15) is 27.2 Å². The molecule has 0 aliphatic rings. The van der Waals surface area contributed by atoms with Crippen LogP contribution in [0.2, 0.25) is 0 Å². The van der Waals surface area contributed by atoms with Gasteiger partial charge in [0.1, 0.15) is 0 Å². The zero-order chi connectivity index (χ0) is 7.33. The summed E-state index contributed by atoms with van der Waals surface area (Å²) in [6.45, 7) is 6.81. The average Bonchev–Trinajstić information content (AvgIpc) is 1.63. The first kappa shape index (κ1) is 10.1. The Morgan fingerprint density at radius 3 is 2.22 bits per heavy atom. The molecule has 0 atom stereocenters. The quantitative estimate of drug-likeness (QED) is 0.425. The van der Waals surface area contributed by atoms with Gasteiger partial charge < -0.3 is 0 Å². The standard InChI is InChI=1S/C7H15IS/c1-7(2,3)9-6-4-5-8/h4-6H2,1-3H3. The molecular weight excluding hydrogens is 243 g/mol. The Labute approximate surface area is 76.3 Å². The Bertz CT molecular complexity index is 65.8. The third kappa shape index (κ3) is 9.08. The predicted octanol–water partition coefficient (Wildman–Crippen LogP) is 3.34. The molecule has 0 aromatic rings. The predicted molar refractivity (Wildman–Crippen MR) is 55.7 cm³/mol. The molecule has 0 unspecified atom stereocenters. The summed E-state index contributed by atoms with van der Waals surface area (Å²) in [5.41, 5.74) is 0. The number of alkyl halides is 1. The van der Waals surface area contributed by atoms with Crippen molar-refractivity contribution in [1.82, 2.24) is 0 Å². The summed E-state index contributed by atoms with van der Waals surface area (Å²) in [6, 6.07) is 0. The molecule has 0 aromatic carbocycles. The maximum Gasteiger partial charge on any atom is 0.00750 e. The molecule has 56 valence electrons. The minimum Gasteiger partial charge on any atom is -0.156 e. The summed E-state index contributed by atoms with van der Waals surface area (Å²) in [7, 11) is 0. The van der Waals surface area contributed by atoms with Gasteiger partial charge in [0, 0.05) is 9.17 Å². The van der Waals surface area contributed by atoms with E-state index in [-0.39, 0.29) is 0 Å². The van der Waals surface area contributed by atoms with E-state index in [1.165, 1.54) is 16.6 Å². The topological polar surface area (TPSA) is 0 Å². The molecule has 0 radical (unpaired) electrons. The van der Waals surface area contributed by atoms with Gasteiger partial charge in [-0.25, -0.2) is 0 Å². The van der Waals surface area contributed by atoms with E-state index in [1.54, 1.807) is 0 Å². The van der Waals surface area contributed by atoms with Gasteiger partial charge in [0.2, 0.25) is 0 Å². The first-order valence-electron chi connectivity index (χ1n) is 3.26. The number of halogens is 1.